The molecule has 0 amide bonds. The summed E-state index contributed by atoms with van der Waals surface area (Å²) in [6.07, 6.45) is -0.570. The largest absolute Gasteiger partial charge is 0.394 e. The zero-order valence-corrected chi connectivity index (χ0v) is 10.5. The van der Waals surface area contributed by atoms with E-state index < -0.39 is 24.1 Å². The van der Waals surface area contributed by atoms with Gasteiger partial charge in [0, 0.05) is 11.8 Å². The number of aryl methyl sites for hydroxylation is 1. The van der Waals surface area contributed by atoms with Gasteiger partial charge in [0.25, 0.3) is 0 Å². The molecule has 0 bridgehead atoms. The highest BCUT2D eigenvalue weighted by atomic mass is 16.6. The van der Waals surface area contributed by atoms with Gasteiger partial charge in [-0.1, -0.05) is 0 Å². The van der Waals surface area contributed by atoms with E-state index in [-0.39, 0.29) is 25.6 Å². The predicted molar refractivity (Wildman–Crippen MR) is 65.5 cm³/mol. The molecule has 1 aliphatic heterocycles. The van der Waals surface area contributed by atoms with Crippen molar-refractivity contribution in [1.82, 2.24) is 9.55 Å². The van der Waals surface area contributed by atoms with Crippen molar-refractivity contribution in [2.24, 2.45) is 0 Å². The smallest absolute Gasteiger partial charge is 0.351 e. The Morgan fingerprint density at radius 2 is 2.26 bits per heavy atom. The lowest BCUT2D eigenvalue weighted by Crippen LogP contribution is -2.47. The molecule has 1 aromatic heterocycles. The maximum absolute atomic E-state index is 11.8. The molecule has 2 heterocycles. The molecule has 0 radical (unpaired) electrons. The fourth-order valence-electron chi connectivity index (χ4n) is 1.88. The second kappa shape index (κ2) is 5.66. The predicted octanol–water partition coefficient (Wildman–Crippen LogP) is -1.60. The second-order valence-corrected chi connectivity index (χ2v) is 4.38. The van der Waals surface area contributed by atoms with Crippen LogP contribution in [0.25, 0.3) is 0 Å². The summed E-state index contributed by atoms with van der Waals surface area (Å²) in [7, 11) is 0. The highest BCUT2D eigenvalue weighted by molar-refractivity contribution is 5.35. The Morgan fingerprint density at radius 3 is 2.89 bits per heavy atom. The molecule has 8 heteroatoms. The zero-order valence-electron chi connectivity index (χ0n) is 10.5. The summed E-state index contributed by atoms with van der Waals surface area (Å²) in [5.74, 6) is 0.150. The summed E-state index contributed by atoms with van der Waals surface area (Å²) < 4.78 is 12.1. The van der Waals surface area contributed by atoms with E-state index in [1.165, 1.54) is 10.8 Å². The molecule has 8 nitrogen and oxygen atoms in total. The summed E-state index contributed by atoms with van der Waals surface area (Å²) in [5.41, 5.74) is 5.58. The molecule has 1 aromatic rings. The maximum atomic E-state index is 11.8. The van der Waals surface area contributed by atoms with Crippen LogP contribution in [0.1, 0.15) is 11.8 Å². The molecule has 1 saturated heterocycles. The highest BCUT2D eigenvalue weighted by Crippen LogP contribution is 2.23. The van der Waals surface area contributed by atoms with Gasteiger partial charge in [-0.15, -0.1) is 0 Å². The number of anilines is 1. The molecule has 1 aliphatic rings. The van der Waals surface area contributed by atoms with Crippen LogP contribution in [0.2, 0.25) is 0 Å². The Kier molecular flexibility index (Phi) is 4.15. The molecule has 106 valence electrons. The van der Waals surface area contributed by atoms with Crippen molar-refractivity contribution in [2.45, 2.75) is 25.4 Å². The summed E-state index contributed by atoms with van der Waals surface area (Å²) in [5, 5.41) is 18.4. The molecule has 0 aliphatic carbocycles. The summed E-state index contributed by atoms with van der Waals surface area (Å²) >= 11 is 0. The van der Waals surface area contributed by atoms with E-state index in [0.29, 0.717) is 5.56 Å². The van der Waals surface area contributed by atoms with Gasteiger partial charge in [0.1, 0.15) is 18.0 Å². The molecular formula is C11H17N3O5. The molecular weight excluding hydrogens is 254 g/mol. The van der Waals surface area contributed by atoms with Crippen LogP contribution in [0.4, 0.5) is 5.82 Å². The molecule has 4 N–H and O–H groups in total. The van der Waals surface area contributed by atoms with E-state index in [9.17, 15) is 9.90 Å². The lowest BCUT2D eigenvalue weighted by atomic mass is 10.2. The normalized spacial score (nSPS) is 27.4. The van der Waals surface area contributed by atoms with Crippen LogP contribution in [0.5, 0.6) is 0 Å². The average Bonchev–Trinajstić information content (AvgIpc) is 2.42. The minimum atomic E-state index is -0.838. The minimum Gasteiger partial charge on any atom is -0.394 e. The van der Waals surface area contributed by atoms with Gasteiger partial charge in [-0.25, -0.2) is 4.79 Å². The third-order valence-electron chi connectivity index (χ3n) is 2.98. The van der Waals surface area contributed by atoms with E-state index in [0.717, 1.165) is 0 Å². The maximum Gasteiger partial charge on any atom is 0.351 e. The summed E-state index contributed by atoms with van der Waals surface area (Å²) in [6, 6.07) is 0. The van der Waals surface area contributed by atoms with Gasteiger partial charge >= 0.3 is 5.69 Å². The van der Waals surface area contributed by atoms with E-state index in [4.69, 9.17) is 20.3 Å². The second-order valence-electron chi connectivity index (χ2n) is 4.38. The molecule has 0 spiro atoms. The Labute approximate surface area is 109 Å². The monoisotopic (exact) mass is 271 g/mol. The number of aliphatic hydroxyl groups is 2. The fraction of sp³-hybridized carbons (Fsp3) is 0.636. The van der Waals surface area contributed by atoms with Gasteiger partial charge in [0.15, 0.2) is 6.23 Å². The minimum absolute atomic E-state index is 0.150. The number of nitrogens with two attached hydrogens (primary N) is 1. The highest BCUT2D eigenvalue weighted by Gasteiger charge is 2.33. The Morgan fingerprint density at radius 1 is 1.53 bits per heavy atom. The molecule has 19 heavy (non-hydrogen) atoms. The Bertz CT molecular complexity index is 504. The van der Waals surface area contributed by atoms with Crippen LogP contribution < -0.4 is 11.4 Å². The van der Waals surface area contributed by atoms with Crippen molar-refractivity contribution in [2.75, 3.05) is 25.6 Å². The third-order valence-corrected chi connectivity index (χ3v) is 2.98. The topological polar surface area (TPSA) is 120 Å². The van der Waals surface area contributed by atoms with Crippen molar-refractivity contribution < 1.29 is 19.7 Å². The molecule has 0 saturated carbocycles. The number of nitrogen functional groups attached to an aromatic ring is 1. The molecule has 3 atom stereocenters. The van der Waals surface area contributed by atoms with Crippen molar-refractivity contribution >= 4 is 5.82 Å². The molecule has 1 fully saturated rings. The molecule has 0 aromatic carbocycles. The third kappa shape index (κ3) is 2.76. The fourth-order valence-corrected chi connectivity index (χ4v) is 1.88. The van der Waals surface area contributed by atoms with E-state index in [2.05, 4.69) is 4.98 Å². The van der Waals surface area contributed by atoms with Crippen molar-refractivity contribution in [1.29, 1.82) is 0 Å². The number of rotatable bonds is 3. The lowest BCUT2D eigenvalue weighted by molar-refractivity contribution is -0.226. The first kappa shape index (κ1) is 13.9. The number of aliphatic hydroxyl groups excluding tert-OH is 2. The van der Waals surface area contributed by atoms with Gasteiger partial charge in [-0.05, 0) is 6.92 Å². The average molecular weight is 271 g/mol. The van der Waals surface area contributed by atoms with Gasteiger partial charge in [-0.3, -0.25) is 4.57 Å². The number of nitrogens with zero attached hydrogens (tertiary/aromatic N) is 2. The van der Waals surface area contributed by atoms with E-state index in [1.54, 1.807) is 6.92 Å². The van der Waals surface area contributed by atoms with Crippen molar-refractivity contribution in [3.05, 3.63) is 22.2 Å². The van der Waals surface area contributed by atoms with Crippen LogP contribution >= 0.6 is 0 Å². The van der Waals surface area contributed by atoms with Crippen LogP contribution in [0.3, 0.4) is 0 Å². The first-order valence-corrected chi connectivity index (χ1v) is 5.91. The van der Waals surface area contributed by atoms with Crippen LogP contribution in [0.15, 0.2) is 11.0 Å². The SMILES string of the molecule is Cc1cn(C2OC(CO)COC2CO)c(=O)nc1N. The van der Waals surface area contributed by atoms with E-state index in [1.807, 2.05) is 0 Å². The molecule has 2 rings (SSSR count). The number of ether oxygens (including phenoxy) is 2. The zero-order chi connectivity index (χ0) is 14.0. The van der Waals surface area contributed by atoms with Crippen LogP contribution in [-0.2, 0) is 9.47 Å². The van der Waals surface area contributed by atoms with E-state index >= 15 is 0 Å². The Balaban J connectivity index is 2.36. The molecule has 3 unspecified atom stereocenters. The van der Waals surface area contributed by atoms with Crippen LogP contribution in [0, 0.1) is 6.92 Å². The standard InChI is InChI=1S/C11H17N3O5/c1-6-2-14(11(17)13-9(6)12)10-8(4-16)18-5-7(3-15)19-10/h2,7-8,10,15-16H,3-5H2,1H3,(H2,12,13,17). The van der Waals surface area contributed by atoms with Gasteiger partial charge in [-0.2, -0.15) is 4.98 Å². The first-order chi connectivity index (χ1) is 9.06. The number of hydrogen-bond acceptors (Lipinski definition) is 7. The number of aromatic nitrogens is 2. The number of hydrogen-bond donors (Lipinski definition) is 3. The van der Waals surface area contributed by atoms with Gasteiger partial charge in [0.05, 0.1) is 19.8 Å². The van der Waals surface area contributed by atoms with Gasteiger partial charge < -0.3 is 25.4 Å². The summed E-state index contributed by atoms with van der Waals surface area (Å²) in [4.78, 5) is 15.5. The quantitative estimate of drug-likeness (QED) is 0.605. The summed E-state index contributed by atoms with van der Waals surface area (Å²) in [6.45, 7) is 1.33. The van der Waals surface area contributed by atoms with Crippen molar-refractivity contribution in [3.8, 4) is 0 Å². The van der Waals surface area contributed by atoms with Crippen molar-refractivity contribution in [3.63, 3.8) is 0 Å². The lowest BCUT2D eigenvalue weighted by Gasteiger charge is -2.35. The Hall–Kier alpha value is -1.48. The van der Waals surface area contributed by atoms with Gasteiger partial charge in [0.2, 0.25) is 0 Å². The first-order valence-electron chi connectivity index (χ1n) is 5.91. The van der Waals surface area contributed by atoms with Crippen LogP contribution in [-0.4, -0.2) is 51.8 Å².